The Morgan fingerprint density at radius 2 is 1.13 bits per heavy atom. The van der Waals surface area contributed by atoms with Crippen LogP contribution in [0.2, 0.25) is 0 Å². The second-order valence-corrected chi connectivity index (χ2v) is 6.57. The van der Waals surface area contributed by atoms with E-state index in [4.69, 9.17) is 0 Å². The van der Waals surface area contributed by atoms with E-state index in [1.54, 1.807) is 18.2 Å². The van der Waals surface area contributed by atoms with Gasteiger partial charge in [-0.25, -0.2) is 9.59 Å². The zero-order valence-electron chi connectivity index (χ0n) is 15.9. The number of carbonyl (C=O) groups excluding carboxylic acids is 2. The minimum atomic E-state index is 0.396. The van der Waals surface area contributed by atoms with Gasteiger partial charge in [-0.05, 0) is 40.5 Å². The van der Waals surface area contributed by atoms with Gasteiger partial charge in [0.25, 0.3) is 0 Å². The summed E-state index contributed by atoms with van der Waals surface area (Å²) >= 11 is 0. The lowest BCUT2D eigenvalue weighted by atomic mass is 9.93. The summed E-state index contributed by atoms with van der Waals surface area (Å²) in [6.07, 6.45) is 3.24. The molecule has 0 amide bonds. The largest absolute Gasteiger partial charge is 0.240 e. The van der Waals surface area contributed by atoms with Crippen LogP contribution in [0.3, 0.4) is 0 Å². The van der Waals surface area contributed by atoms with Gasteiger partial charge in [-0.3, -0.25) is 0 Å². The maximum Gasteiger partial charge on any atom is 0.240 e. The fourth-order valence-corrected chi connectivity index (χ4v) is 3.50. The van der Waals surface area contributed by atoms with Crippen molar-refractivity contribution >= 4 is 23.5 Å². The van der Waals surface area contributed by atoms with Gasteiger partial charge in [0.15, 0.2) is 0 Å². The molecule has 0 bridgehead atoms. The van der Waals surface area contributed by atoms with Crippen molar-refractivity contribution < 1.29 is 9.59 Å². The minimum absolute atomic E-state index is 0.396. The van der Waals surface area contributed by atoms with Gasteiger partial charge >= 0.3 is 0 Å². The van der Waals surface area contributed by atoms with Crippen LogP contribution in [-0.2, 0) is 9.59 Å². The highest BCUT2D eigenvalue weighted by Crippen LogP contribution is 2.45. The van der Waals surface area contributed by atoms with Gasteiger partial charge in [0.2, 0.25) is 12.2 Å². The van der Waals surface area contributed by atoms with Crippen LogP contribution in [0.1, 0.15) is 0 Å². The Balaban J connectivity index is 1.98. The molecule has 0 unspecified atom stereocenters. The van der Waals surface area contributed by atoms with Crippen LogP contribution < -0.4 is 0 Å². The van der Waals surface area contributed by atoms with E-state index in [1.807, 2.05) is 91.0 Å². The summed E-state index contributed by atoms with van der Waals surface area (Å²) in [6, 6.07) is 31.0. The van der Waals surface area contributed by atoms with Crippen molar-refractivity contribution in [3.05, 3.63) is 97.1 Å². The van der Waals surface area contributed by atoms with Gasteiger partial charge in [-0.1, -0.05) is 78.9 Å². The maximum atomic E-state index is 11.3. The van der Waals surface area contributed by atoms with Crippen LogP contribution in [0.5, 0.6) is 0 Å². The van der Waals surface area contributed by atoms with E-state index >= 15 is 0 Å². The van der Waals surface area contributed by atoms with E-state index in [0.717, 1.165) is 27.8 Å². The predicted octanol–water partition coefficient (Wildman–Crippen LogP) is 6.62. The lowest BCUT2D eigenvalue weighted by Crippen LogP contribution is -1.87. The smallest absolute Gasteiger partial charge is 0.211 e. The Morgan fingerprint density at radius 1 is 0.533 bits per heavy atom. The van der Waals surface area contributed by atoms with E-state index in [1.165, 1.54) is 0 Å². The van der Waals surface area contributed by atoms with Crippen molar-refractivity contribution in [3.8, 4) is 33.4 Å². The Kier molecular flexibility index (Phi) is 5.54. The highest BCUT2D eigenvalue weighted by Gasteiger charge is 2.17. The van der Waals surface area contributed by atoms with E-state index in [0.29, 0.717) is 16.9 Å². The van der Waals surface area contributed by atoms with Crippen molar-refractivity contribution in [2.24, 2.45) is 9.98 Å². The molecule has 30 heavy (non-hydrogen) atoms. The Hall–Kier alpha value is -4.36. The fourth-order valence-electron chi connectivity index (χ4n) is 3.50. The predicted molar refractivity (Wildman–Crippen MR) is 118 cm³/mol. The molecule has 0 spiro atoms. The van der Waals surface area contributed by atoms with Gasteiger partial charge in [0.05, 0.1) is 11.4 Å². The average Bonchev–Trinajstić information content (AvgIpc) is 2.81. The standard InChI is InChI=1S/C26H16N2O2/c29-17-27-24-15-14-23(26(28-18-30)25(24)20-10-5-2-6-11-20)22-13-7-12-21(16-22)19-8-3-1-4-9-19/h1-16H. The summed E-state index contributed by atoms with van der Waals surface area (Å²) in [5.74, 6) is 0. The zero-order chi connectivity index (χ0) is 20.8. The number of nitrogens with zero attached hydrogens (tertiary/aromatic N) is 2. The third-order valence-corrected chi connectivity index (χ3v) is 4.82. The number of rotatable bonds is 5. The lowest BCUT2D eigenvalue weighted by Gasteiger charge is -2.14. The molecule has 0 aromatic heterocycles. The monoisotopic (exact) mass is 388 g/mol. The molecule has 4 aromatic carbocycles. The Labute approximate surface area is 173 Å². The third kappa shape index (κ3) is 3.78. The maximum absolute atomic E-state index is 11.3. The molecule has 0 atom stereocenters. The number of benzene rings is 4. The number of hydrogen-bond acceptors (Lipinski definition) is 4. The van der Waals surface area contributed by atoms with Crippen LogP contribution >= 0.6 is 0 Å². The number of hydrogen-bond donors (Lipinski definition) is 0. The highest BCUT2D eigenvalue weighted by atomic mass is 16.1. The number of aliphatic imine (C=N–C) groups is 2. The van der Waals surface area contributed by atoms with Crippen molar-refractivity contribution in [2.45, 2.75) is 0 Å². The molecule has 0 aliphatic rings. The first-order valence-electron chi connectivity index (χ1n) is 9.36. The molecule has 0 N–H and O–H groups in total. The Bertz CT molecular complexity index is 1290. The lowest BCUT2D eigenvalue weighted by molar-refractivity contribution is 0.565. The molecule has 0 aliphatic heterocycles. The van der Waals surface area contributed by atoms with Crippen molar-refractivity contribution in [1.82, 2.24) is 0 Å². The highest BCUT2D eigenvalue weighted by molar-refractivity contribution is 5.96. The summed E-state index contributed by atoms with van der Waals surface area (Å²) < 4.78 is 0. The van der Waals surface area contributed by atoms with E-state index in [9.17, 15) is 9.59 Å². The molecule has 0 heterocycles. The summed E-state index contributed by atoms with van der Waals surface area (Å²) in [7, 11) is 0. The summed E-state index contributed by atoms with van der Waals surface area (Å²) in [6.45, 7) is 0. The molecule has 0 radical (unpaired) electrons. The average molecular weight is 388 g/mol. The second-order valence-electron chi connectivity index (χ2n) is 6.57. The SMILES string of the molecule is O=C=Nc1ccc(-c2cccc(-c3ccccc3)c2)c(N=C=O)c1-c1ccccc1. The van der Waals surface area contributed by atoms with Gasteiger partial charge in [0, 0.05) is 11.1 Å². The molecule has 142 valence electrons. The van der Waals surface area contributed by atoms with Crippen LogP contribution in [0, 0.1) is 0 Å². The summed E-state index contributed by atoms with van der Waals surface area (Å²) in [4.78, 5) is 30.1. The molecule has 0 saturated carbocycles. The van der Waals surface area contributed by atoms with Gasteiger partial charge in [0.1, 0.15) is 0 Å². The van der Waals surface area contributed by atoms with E-state index in [-0.39, 0.29) is 0 Å². The minimum Gasteiger partial charge on any atom is -0.211 e. The van der Waals surface area contributed by atoms with Gasteiger partial charge < -0.3 is 0 Å². The van der Waals surface area contributed by atoms with Crippen LogP contribution in [0.25, 0.3) is 33.4 Å². The molecule has 0 fully saturated rings. The van der Waals surface area contributed by atoms with E-state index in [2.05, 4.69) is 9.98 Å². The first-order chi connectivity index (χ1) is 14.8. The quantitative estimate of drug-likeness (QED) is 0.285. The van der Waals surface area contributed by atoms with Crippen LogP contribution in [-0.4, -0.2) is 12.2 Å². The Morgan fingerprint density at radius 3 is 1.80 bits per heavy atom. The van der Waals surface area contributed by atoms with Gasteiger partial charge in [-0.2, -0.15) is 9.98 Å². The third-order valence-electron chi connectivity index (χ3n) is 4.82. The van der Waals surface area contributed by atoms with E-state index < -0.39 is 0 Å². The molecule has 4 nitrogen and oxygen atoms in total. The first-order valence-corrected chi connectivity index (χ1v) is 9.36. The summed E-state index contributed by atoms with van der Waals surface area (Å²) in [5.41, 5.74) is 5.97. The molecular formula is C26H16N2O2. The fraction of sp³-hybridized carbons (Fsp3) is 0. The topological polar surface area (TPSA) is 58.9 Å². The first kappa shape index (κ1) is 19.0. The molecule has 0 aliphatic carbocycles. The van der Waals surface area contributed by atoms with Crippen LogP contribution in [0.4, 0.5) is 11.4 Å². The second kappa shape index (κ2) is 8.76. The molecular weight excluding hydrogens is 372 g/mol. The van der Waals surface area contributed by atoms with Crippen molar-refractivity contribution in [1.29, 1.82) is 0 Å². The van der Waals surface area contributed by atoms with Crippen LogP contribution in [0.15, 0.2) is 107 Å². The molecule has 4 heteroatoms. The van der Waals surface area contributed by atoms with Gasteiger partial charge in [-0.15, -0.1) is 0 Å². The molecule has 4 rings (SSSR count). The number of isocyanates is 2. The molecule has 4 aromatic rings. The molecule has 0 saturated heterocycles. The van der Waals surface area contributed by atoms with Crippen molar-refractivity contribution in [3.63, 3.8) is 0 Å². The van der Waals surface area contributed by atoms with Crippen molar-refractivity contribution in [2.75, 3.05) is 0 Å². The normalized spacial score (nSPS) is 10.0. The zero-order valence-corrected chi connectivity index (χ0v) is 15.9. The summed E-state index contributed by atoms with van der Waals surface area (Å²) in [5, 5.41) is 0.